The fourth-order valence-electron chi connectivity index (χ4n) is 2.05. The number of hydrogen-bond donors (Lipinski definition) is 2. The highest BCUT2D eigenvalue weighted by molar-refractivity contribution is 5.25. The molecular weight excluding hydrogens is 246 g/mol. The van der Waals surface area contributed by atoms with Gasteiger partial charge in [0.25, 0.3) is 0 Å². The van der Waals surface area contributed by atoms with Gasteiger partial charge in [0, 0.05) is 0 Å². The molecule has 1 saturated carbocycles. The van der Waals surface area contributed by atoms with E-state index in [1.807, 2.05) is 6.92 Å². The van der Waals surface area contributed by atoms with Crippen LogP contribution in [0, 0.1) is 0 Å². The first-order valence-electron chi connectivity index (χ1n) is 6.84. The zero-order valence-corrected chi connectivity index (χ0v) is 11.3. The minimum Gasteiger partial charge on any atom is -0.463 e. The summed E-state index contributed by atoms with van der Waals surface area (Å²) in [6, 6.07) is 0.525. The van der Waals surface area contributed by atoms with Gasteiger partial charge in [-0.1, -0.05) is 13.3 Å². The lowest BCUT2D eigenvalue weighted by molar-refractivity contribution is 0.139. The summed E-state index contributed by atoms with van der Waals surface area (Å²) in [5, 5.41) is 0. The monoisotopic (exact) mass is 267 g/mol. The number of rotatable bonds is 6. The molecule has 1 heterocycles. The van der Waals surface area contributed by atoms with E-state index in [1.165, 1.54) is 19.3 Å². The third-order valence-electron chi connectivity index (χ3n) is 2.98. The third-order valence-corrected chi connectivity index (χ3v) is 2.98. The van der Waals surface area contributed by atoms with Gasteiger partial charge in [0.05, 0.1) is 6.61 Å². The maximum absolute atomic E-state index is 5.78. The molecule has 1 aliphatic rings. The van der Waals surface area contributed by atoms with E-state index in [0.29, 0.717) is 6.61 Å². The molecule has 0 saturated heterocycles. The Kier molecular flexibility index (Phi) is 5.14. The average Bonchev–Trinajstić information content (AvgIpc) is 2.46. The molecule has 1 fully saturated rings. The van der Waals surface area contributed by atoms with E-state index >= 15 is 0 Å². The smallest absolute Gasteiger partial charge is 0.324 e. The Hall–Kier alpha value is -1.63. The van der Waals surface area contributed by atoms with E-state index in [9.17, 15) is 0 Å². The average molecular weight is 267 g/mol. The number of nitrogens with two attached hydrogens (primary N) is 1. The van der Waals surface area contributed by atoms with Crippen molar-refractivity contribution in [3.8, 4) is 12.0 Å². The third kappa shape index (κ3) is 4.20. The number of hydrogen-bond acceptors (Lipinski definition) is 7. The number of hydrazine groups is 1. The maximum atomic E-state index is 5.78. The molecule has 0 unspecified atom stereocenters. The van der Waals surface area contributed by atoms with Crippen molar-refractivity contribution in [1.82, 2.24) is 15.0 Å². The summed E-state index contributed by atoms with van der Waals surface area (Å²) < 4.78 is 11.2. The van der Waals surface area contributed by atoms with E-state index in [0.717, 1.165) is 19.3 Å². The molecule has 1 aliphatic carbocycles. The molecule has 1 aromatic heterocycles. The highest BCUT2D eigenvalue weighted by Gasteiger charge is 2.17. The molecule has 106 valence electrons. The molecular formula is C12H21N5O2. The second-order valence-corrected chi connectivity index (χ2v) is 4.59. The highest BCUT2D eigenvalue weighted by Crippen LogP contribution is 2.22. The van der Waals surface area contributed by atoms with Crippen molar-refractivity contribution in [2.45, 2.75) is 51.6 Å². The van der Waals surface area contributed by atoms with Gasteiger partial charge in [-0.05, 0) is 32.1 Å². The Morgan fingerprint density at radius 1 is 1.16 bits per heavy atom. The molecule has 3 N–H and O–H groups in total. The largest absolute Gasteiger partial charge is 0.463 e. The molecule has 7 nitrogen and oxygen atoms in total. The first kappa shape index (κ1) is 13.8. The first-order valence-corrected chi connectivity index (χ1v) is 6.84. The molecule has 0 radical (unpaired) electrons. The zero-order chi connectivity index (χ0) is 13.5. The molecule has 0 aliphatic heterocycles. The van der Waals surface area contributed by atoms with Crippen LogP contribution in [0.25, 0.3) is 0 Å². The minimum atomic E-state index is 0.181. The van der Waals surface area contributed by atoms with Crippen LogP contribution in [0.1, 0.15) is 45.4 Å². The van der Waals surface area contributed by atoms with Crippen LogP contribution in [-0.4, -0.2) is 27.7 Å². The fourth-order valence-corrected chi connectivity index (χ4v) is 2.05. The van der Waals surface area contributed by atoms with Crippen molar-refractivity contribution in [1.29, 1.82) is 0 Å². The highest BCUT2D eigenvalue weighted by atomic mass is 16.5. The predicted molar refractivity (Wildman–Crippen MR) is 70.9 cm³/mol. The van der Waals surface area contributed by atoms with E-state index in [-0.39, 0.29) is 24.1 Å². The van der Waals surface area contributed by atoms with Gasteiger partial charge in [-0.15, -0.1) is 4.98 Å². The summed E-state index contributed by atoms with van der Waals surface area (Å²) in [5.41, 5.74) is 2.40. The lowest BCUT2D eigenvalue weighted by Crippen LogP contribution is -2.22. The van der Waals surface area contributed by atoms with Crippen LogP contribution >= 0.6 is 0 Å². The summed E-state index contributed by atoms with van der Waals surface area (Å²) in [6.45, 7) is 2.57. The summed E-state index contributed by atoms with van der Waals surface area (Å²) in [6.07, 6.45) is 6.81. The van der Waals surface area contributed by atoms with Crippen LogP contribution < -0.4 is 20.7 Å². The maximum Gasteiger partial charge on any atom is 0.324 e. The SMILES string of the molecule is CCCOc1nc(NN)nc(OC2CCCCC2)n1. The summed E-state index contributed by atoms with van der Waals surface area (Å²) in [4.78, 5) is 12.3. The van der Waals surface area contributed by atoms with Gasteiger partial charge in [-0.3, -0.25) is 5.43 Å². The van der Waals surface area contributed by atoms with Gasteiger partial charge >= 0.3 is 12.0 Å². The second kappa shape index (κ2) is 7.08. The van der Waals surface area contributed by atoms with Crippen LogP contribution in [0.5, 0.6) is 12.0 Å². The van der Waals surface area contributed by atoms with Crippen molar-refractivity contribution in [2.75, 3.05) is 12.0 Å². The molecule has 1 aromatic rings. The summed E-state index contributed by atoms with van der Waals surface area (Å²) >= 11 is 0. The molecule has 7 heteroatoms. The lowest BCUT2D eigenvalue weighted by Gasteiger charge is -2.21. The molecule has 19 heavy (non-hydrogen) atoms. The van der Waals surface area contributed by atoms with E-state index < -0.39 is 0 Å². The summed E-state index contributed by atoms with van der Waals surface area (Å²) in [7, 11) is 0. The molecule has 0 bridgehead atoms. The number of nitrogen functional groups attached to an aromatic ring is 1. The fraction of sp³-hybridized carbons (Fsp3) is 0.750. The standard InChI is InChI=1S/C12H21N5O2/c1-2-8-18-11-14-10(17-13)15-12(16-11)19-9-6-4-3-5-7-9/h9H,2-8,13H2,1H3,(H,14,15,16,17). The molecule has 0 spiro atoms. The van der Waals surface area contributed by atoms with Crippen LogP contribution in [0.15, 0.2) is 0 Å². The minimum absolute atomic E-state index is 0.181. The lowest BCUT2D eigenvalue weighted by atomic mass is 9.98. The topological polar surface area (TPSA) is 95.2 Å². The predicted octanol–water partition coefficient (Wildman–Crippen LogP) is 1.66. The second-order valence-electron chi connectivity index (χ2n) is 4.59. The van der Waals surface area contributed by atoms with Crippen molar-refractivity contribution in [3.63, 3.8) is 0 Å². The normalized spacial score (nSPS) is 16.1. The molecule has 0 atom stereocenters. The van der Waals surface area contributed by atoms with Crippen molar-refractivity contribution in [3.05, 3.63) is 0 Å². The zero-order valence-electron chi connectivity index (χ0n) is 11.3. The number of aromatic nitrogens is 3. The van der Waals surface area contributed by atoms with Crippen molar-refractivity contribution < 1.29 is 9.47 Å². The molecule has 2 rings (SSSR count). The molecule has 0 aromatic carbocycles. The Bertz CT molecular complexity index is 396. The summed E-state index contributed by atoms with van der Waals surface area (Å²) in [5.74, 6) is 5.59. The van der Waals surface area contributed by atoms with Crippen LogP contribution in [0.4, 0.5) is 5.95 Å². The van der Waals surface area contributed by atoms with E-state index in [2.05, 4.69) is 20.4 Å². The number of nitrogens with one attached hydrogen (secondary N) is 1. The van der Waals surface area contributed by atoms with Gasteiger partial charge in [0.2, 0.25) is 5.95 Å². The van der Waals surface area contributed by atoms with Crippen LogP contribution in [0.3, 0.4) is 0 Å². The Morgan fingerprint density at radius 3 is 2.58 bits per heavy atom. The van der Waals surface area contributed by atoms with Gasteiger partial charge < -0.3 is 9.47 Å². The Balaban J connectivity index is 2.04. The Morgan fingerprint density at radius 2 is 1.89 bits per heavy atom. The van der Waals surface area contributed by atoms with Crippen LogP contribution in [-0.2, 0) is 0 Å². The van der Waals surface area contributed by atoms with Crippen molar-refractivity contribution in [2.24, 2.45) is 5.84 Å². The number of nitrogens with zero attached hydrogens (tertiary/aromatic N) is 3. The number of ether oxygens (including phenoxy) is 2. The van der Waals surface area contributed by atoms with Gasteiger partial charge in [0.1, 0.15) is 6.10 Å². The number of anilines is 1. The first-order chi connectivity index (χ1) is 9.31. The van der Waals surface area contributed by atoms with Gasteiger partial charge in [-0.2, -0.15) is 9.97 Å². The Labute approximate surface area is 112 Å². The van der Waals surface area contributed by atoms with E-state index in [1.54, 1.807) is 0 Å². The van der Waals surface area contributed by atoms with E-state index in [4.69, 9.17) is 15.3 Å². The van der Waals surface area contributed by atoms with Crippen molar-refractivity contribution >= 4 is 5.95 Å². The van der Waals surface area contributed by atoms with Crippen LogP contribution in [0.2, 0.25) is 0 Å². The van der Waals surface area contributed by atoms with Gasteiger partial charge in [0.15, 0.2) is 0 Å². The molecule has 0 amide bonds. The van der Waals surface area contributed by atoms with Gasteiger partial charge in [-0.25, -0.2) is 5.84 Å². The quantitative estimate of drug-likeness (QED) is 0.597.